The Morgan fingerprint density at radius 1 is 1.25 bits per heavy atom. The molecule has 2 atom stereocenters. The summed E-state index contributed by atoms with van der Waals surface area (Å²) < 4.78 is 0. The second-order valence-corrected chi connectivity index (χ2v) is 5.52. The van der Waals surface area contributed by atoms with Gasteiger partial charge in [0.05, 0.1) is 0 Å². The Labute approximate surface area is 75.7 Å². The predicted molar refractivity (Wildman–Crippen MR) is 52.8 cm³/mol. The molecule has 1 rings (SSSR count). The zero-order valence-electron chi connectivity index (χ0n) is 8.56. The van der Waals surface area contributed by atoms with Crippen LogP contribution >= 0.6 is 0 Å². The Hall–Kier alpha value is -0.0800. The van der Waals surface area contributed by atoms with Gasteiger partial charge in [-0.2, -0.15) is 0 Å². The molecule has 72 valence electrons. The Kier molecular flexibility index (Phi) is 2.50. The van der Waals surface area contributed by atoms with Crippen molar-refractivity contribution in [2.75, 3.05) is 6.54 Å². The van der Waals surface area contributed by atoms with E-state index in [9.17, 15) is 0 Å². The van der Waals surface area contributed by atoms with E-state index in [4.69, 9.17) is 11.5 Å². The van der Waals surface area contributed by atoms with Gasteiger partial charge in [-0.1, -0.05) is 20.8 Å². The van der Waals surface area contributed by atoms with Gasteiger partial charge in [0.15, 0.2) is 0 Å². The van der Waals surface area contributed by atoms with Crippen LogP contribution in [0.5, 0.6) is 0 Å². The van der Waals surface area contributed by atoms with Crippen molar-refractivity contribution < 1.29 is 0 Å². The van der Waals surface area contributed by atoms with Crippen LogP contribution in [-0.2, 0) is 0 Å². The van der Waals surface area contributed by atoms with Crippen LogP contribution in [0.15, 0.2) is 0 Å². The highest BCUT2D eigenvalue weighted by Crippen LogP contribution is 2.44. The lowest BCUT2D eigenvalue weighted by atomic mass is 9.63. The second-order valence-electron chi connectivity index (χ2n) is 5.52. The largest absolute Gasteiger partial charge is 0.330 e. The van der Waals surface area contributed by atoms with E-state index < -0.39 is 0 Å². The third-order valence-electron chi connectivity index (χ3n) is 2.97. The Morgan fingerprint density at radius 3 is 2.25 bits per heavy atom. The molecule has 0 saturated heterocycles. The molecule has 0 bridgehead atoms. The zero-order valence-corrected chi connectivity index (χ0v) is 8.56. The number of hydrogen-bond acceptors (Lipinski definition) is 2. The van der Waals surface area contributed by atoms with E-state index in [1.54, 1.807) is 0 Å². The summed E-state index contributed by atoms with van der Waals surface area (Å²) in [5, 5.41) is 0. The van der Waals surface area contributed by atoms with Gasteiger partial charge >= 0.3 is 0 Å². The van der Waals surface area contributed by atoms with E-state index in [-0.39, 0.29) is 5.41 Å². The van der Waals surface area contributed by atoms with Gasteiger partial charge in [-0.05, 0) is 36.6 Å². The van der Waals surface area contributed by atoms with Crippen LogP contribution in [-0.4, -0.2) is 12.6 Å². The molecule has 2 heteroatoms. The molecule has 1 aliphatic carbocycles. The maximum atomic E-state index is 6.01. The first-order valence-corrected chi connectivity index (χ1v) is 4.83. The summed E-state index contributed by atoms with van der Waals surface area (Å²) in [5.41, 5.74) is 12.4. The van der Waals surface area contributed by atoms with Crippen molar-refractivity contribution in [1.82, 2.24) is 0 Å². The second kappa shape index (κ2) is 3.00. The van der Waals surface area contributed by atoms with Crippen molar-refractivity contribution in [1.29, 1.82) is 0 Å². The lowest BCUT2D eigenvalue weighted by Crippen LogP contribution is -2.45. The van der Waals surface area contributed by atoms with E-state index in [1.165, 1.54) is 6.42 Å². The molecule has 0 amide bonds. The van der Waals surface area contributed by atoms with Gasteiger partial charge in [0.1, 0.15) is 0 Å². The summed E-state index contributed by atoms with van der Waals surface area (Å²) in [6, 6.07) is 0.349. The maximum absolute atomic E-state index is 6.01. The number of hydrogen-bond donors (Lipinski definition) is 2. The van der Waals surface area contributed by atoms with Gasteiger partial charge < -0.3 is 11.5 Å². The molecule has 0 aromatic heterocycles. The van der Waals surface area contributed by atoms with Crippen molar-refractivity contribution in [3.63, 3.8) is 0 Å². The minimum Gasteiger partial charge on any atom is -0.330 e. The first-order chi connectivity index (χ1) is 5.37. The molecule has 2 nitrogen and oxygen atoms in total. The Balaban J connectivity index is 2.70. The third kappa shape index (κ3) is 2.20. The Bertz CT molecular complexity index is 165. The van der Waals surface area contributed by atoms with E-state index >= 15 is 0 Å². The Morgan fingerprint density at radius 2 is 1.83 bits per heavy atom. The van der Waals surface area contributed by atoms with Crippen molar-refractivity contribution in [2.45, 2.75) is 46.1 Å². The molecule has 0 heterocycles. The van der Waals surface area contributed by atoms with Crippen molar-refractivity contribution in [3.8, 4) is 0 Å². The van der Waals surface area contributed by atoms with Crippen molar-refractivity contribution >= 4 is 0 Å². The van der Waals surface area contributed by atoms with Gasteiger partial charge in [0, 0.05) is 6.04 Å². The molecule has 4 N–H and O–H groups in total. The van der Waals surface area contributed by atoms with Crippen LogP contribution in [0.4, 0.5) is 0 Å². The highest BCUT2D eigenvalue weighted by atomic mass is 14.7. The average molecular weight is 170 g/mol. The van der Waals surface area contributed by atoms with E-state index in [1.807, 2.05) is 0 Å². The zero-order chi connectivity index (χ0) is 9.41. The molecule has 1 aliphatic rings. The topological polar surface area (TPSA) is 52.0 Å². The van der Waals surface area contributed by atoms with Crippen LogP contribution in [0.2, 0.25) is 0 Å². The lowest BCUT2D eigenvalue weighted by Gasteiger charge is -2.45. The van der Waals surface area contributed by atoms with Crippen molar-refractivity contribution in [2.24, 2.45) is 22.3 Å². The normalized spacial score (nSPS) is 41.2. The molecule has 0 aromatic rings. The standard InChI is InChI=1S/C10H22N2/c1-9(2)4-8(12)5-10(3,6-9)7-11/h8H,4-7,11-12H2,1-3H3/t8-,10+/m0/s1. The van der Waals surface area contributed by atoms with Crippen molar-refractivity contribution in [3.05, 3.63) is 0 Å². The van der Waals surface area contributed by atoms with Gasteiger partial charge in [0.25, 0.3) is 0 Å². The highest BCUT2D eigenvalue weighted by Gasteiger charge is 2.38. The van der Waals surface area contributed by atoms with E-state index in [0.29, 0.717) is 11.5 Å². The summed E-state index contributed by atoms with van der Waals surface area (Å²) >= 11 is 0. The summed E-state index contributed by atoms with van der Waals surface area (Å²) in [6.07, 6.45) is 3.44. The fourth-order valence-corrected chi connectivity index (χ4v) is 2.87. The minimum absolute atomic E-state index is 0.279. The summed E-state index contributed by atoms with van der Waals surface area (Å²) in [5.74, 6) is 0. The average Bonchev–Trinajstić information content (AvgIpc) is 1.82. The fraction of sp³-hybridized carbons (Fsp3) is 1.00. The van der Waals surface area contributed by atoms with E-state index in [0.717, 1.165) is 19.4 Å². The molecule has 0 aliphatic heterocycles. The highest BCUT2D eigenvalue weighted by molar-refractivity contribution is 4.93. The smallest absolute Gasteiger partial charge is 0.00495 e. The summed E-state index contributed by atoms with van der Waals surface area (Å²) in [7, 11) is 0. The molecule has 0 spiro atoms. The van der Waals surface area contributed by atoms with Gasteiger partial charge in [0.2, 0.25) is 0 Å². The molecule has 0 unspecified atom stereocenters. The summed E-state index contributed by atoms with van der Waals surface area (Å²) in [6.45, 7) is 7.61. The van der Waals surface area contributed by atoms with Gasteiger partial charge in [-0.15, -0.1) is 0 Å². The quantitative estimate of drug-likeness (QED) is 0.626. The predicted octanol–water partition coefficient (Wildman–Crippen LogP) is 1.49. The minimum atomic E-state index is 0.279. The molecule has 1 saturated carbocycles. The monoisotopic (exact) mass is 170 g/mol. The maximum Gasteiger partial charge on any atom is 0.00495 e. The molecule has 1 fully saturated rings. The van der Waals surface area contributed by atoms with Gasteiger partial charge in [-0.3, -0.25) is 0 Å². The third-order valence-corrected chi connectivity index (χ3v) is 2.97. The molecular weight excluding hydrogens is 148 g/mol. The van der Waals surface area contributed by atoms with E-state index in [2.05, 4.69) is 20.8 Å². The van der Waals surface area contributed by atoms with Crippen LogP contribution in [0.3, 0.4) is 0 Å². The van der Waals surface area contributed by atoms with Crippen LogP contribution in [0, 0.1) is 10.8 Å². The SMILES string of the molecule is CC1(C)C[C@H](N)C[C@@](C)(CN)C1. The molecule has 12 heavy (non-hydrogen) atoms. The molecule has 0 radical (unpaired) electrons. The lowest BCUT2D eigenvalue weighted by molar-refractivity contribution is 0.0904. The van der Waals surface area contributed by atoms with Crippen LogP contribution in [0.25, 0.3) is 0 Å². The first kappa shape index (κ1) is 10.0. The molecular formula is C10H22N2. The van der Waals surface area contributed by atoms with Crippen LogP contribution in [0.1, 0.15) is 40.0 Å². The summed E-state index contributed by atoms with van der Waals surface area (Å²) in [4.78, 5) is 0. The first-order valence-electron chi connectivity index (χ1n) is 4.83. The van der Waals surface area contributed by atoms with Crippen LogP contribution < -0.4 is 11.5 Å². The number of rotatable bonds is 1. The number of nitrogens with two attached hydrogens (primary N) is 2. The van der Waals surface area contributed by atoms with Gasteiger partial charge in [-0.25, -0.2) is 0 Å². The molecule has 0 aromatic carbocycles. The fourth-order valence-electron chi connectivity index (χ4n) is 2.87.